The van der Waals surface area contributed by atoms with Crippen molar-refractivity contribution in [2.24, 2.45) is 17.8 Å². The molecule has 8 rings (SSSR count). The van der Waals surface area contributed by atoms with Crippen molar-refractivity contribution in [2.45, 2.75) is 81.6 Å². The Kier molecular flexibility index (Phi) is 4.95. The fourth-order valence-corrected chi connectivity index (χ4v) is 7.96. The second-order valence-electron chi connectivity index (χ2n) is 11.7. The van der Waals surface area contributed by atoms with Crippen LogP contribution in [-0.2, 0) is 9.59 Å². The summed E-state index contributed by atoms with van der Waals surface area (Å²) < 4.78 is 2.16. The first-order chi connectivity index (χ1) is 17.4. The van der Waals surface area contributed by atoms with Crippen LogP contribution >= 0.6 is 0 Å². The minimum atomic E-state index is -0.725. The SMILES string of the molecule is O=C(Nc1[nH]n(C2[C@@H]3CC4C[C@H]2CC(O)(C4)C3)c2c1cnc1nccc12)C(=O)NC1CCC(O)CC1. The molecule has 3 unspecified atom stereocenters. The van der Waals surface area contributed by atoms with Gasteiger partial charge in [-0.1, -0.05) is 0 Å². The summed E-state index contributed by atoms with van der Waals surface area (Å²) in [5.74, 6) is 0.340. The third-order valence-corrected chi connectivity index (χ3v) is 9.21. The topological polar surface area (TPSA) is 145 Å². The molecule has 2 amide bonds. The van der Waals surface area contributed by atoms with Gasteiger partial charge >= 0.3 is 11.8 Å². The number of amides is 2. The van der Waals surface area contributed by atoms with E-state index in [1.165, 1.54) is 0 Å². The van der Waals surface area contributed by atoms with Crippen LogP contribution in [0.15, 0.2) is 18.5 Å². The van der Waals surface area contributed by atoms with Crippen LogP contribution in [0.4, 0.5) is 5.82 Å². The van der Waals surface area contributed by atoms with Gasteiger partial charge in [0.05, 0.1) is 28.6 Å². The van der Waals surface area contributed by atoms with Crippen LogP contribution in [0.2, 0.25) is 0 Å². The lowest BCUT2D eigenvalue weighted by Crippen LogP contribution is -2.55. The molecular weight excluding hydrogens is 460 g/mol. The van der Waals surface area contributed by atoms with E-state index in [9.17, 15) is 19.8 Å². The van der Waals surface area contributed by atoms with Crippen LogP contribution in [0.25, 0.3) is 21.9 Å². The van der Waals surface area contributed by atoms with Crippen molar-refractivity contribution < 1.29 is 19.8 Å². The second kappa shape index (κ2) is 8.01. The number of aliphatic hydroxyl groups excluding tert-OH is 1. The molecule has 4 bridgehead atoms. The van der Waals surface area contributed by atoms with Gasteiger partial charge in [0.2, 0.25) is 0 Å². The maximum atomic E-state index is 12.9. The normalized spacial score (nSPS) is 35.4. The average Bonchev–Trinajstić information content (AvgIpc) is 3.44. The lowest BCUT2D eigenvalue weighted by molar-refractivity contribution is -0.148. The molecule has 5 atom stereocenters. The number of aliphatic hydroxyl groups is 2. The van der Waals surface area contributed by atoms with Crippen molar-refractivity contribution in [3.05, 3.63) is 18.5 Å². The molecule has 5 fully saturated rings. The van der Waals surface area contributed by atoms with E-state index in [-0.39, 0.29) is 18.2 Å². The van der Waals surface area contributed by atoms with Gasteiger partial charge in [-0.05, 0) is 81.6 Å². The van der Waals surface area contributed by atoms with E-state index in [0.29, 0.717) is 54.9 Å². The van der Waals surface area contributed by atoms with Crippen LogP contribution in [0.3, 0.4) is 0 Å². The molecule has 5 saturated carbocycles. The first kappa shape index (κ1) is 22.2. The van der Waals surface area contributed by atoms with Gasteiger partial charge in [-0.25, -0.2) is 9.97 Å². The Morgan fingerprint density at radius 3 is 2.50 bits per heavy atom. The maximum absolute atomic E-state index is 12.9. The lowest BCUT2D eigenvalue weighted by Gasteiger charge is -2.58. The molecule has 5 N–H and O–H groups in total. The summed E-state index contributed by atoms with van der Waals surface area (Å²) in [6, 6.07) is 2.01. The van der Waals surface area contributed by atoms with E-state index in [4.69, 9.17) is 0 Å². The van der Waals surface area contributed by atoms with Gasteiger partial charge in [-0.3, -0.25) is 19.4 Å². The molecule has 3 heterocycles. The number of nitrogens with one attached hydrogen (secondary N) is 3. The number of pyridine rings is 1. The van der Waals surface area contributed by atoms with Gasteiger partial charge in [-0.2, -0.15) is 0 Å². The Labute approximate surface area is 207 Å². The van der Waals surface area contributed by atoms with Crippen molar-refractivity contribution in [3.63, 3.8) is 0 Å². The molecule has 0 aliphatic heterocycles. The minimum Gasteiger partial charge on any atom is -0.393 e. The molecule has 10 nitrogen and oxygen atoms in total. The quantitative estimate of drug-likeness (QED) is 0.355. The van der Waals surface area contributed by atoms with Crippen LogP contribution in [0.5, 0.6) is 0 Å². The average molecular weight is 493 g/mol. The van der Waals surface area contributed by atoms with Gasteiger partial charge in [0.25, 0.3) is 0 Å². The molecule has 5 aliphatic rings. The zero-order chi connectivity index (χ0) is 24.6. The summed E-state index contributed by atoms with van der Waals surface area (Å²) in [6.07, 6.45) is 10.4. The van der Waals surface area contributed by atoms with Crippen molar-refractivity contribution in [1.29, 1.82) is 0 Å². The van der Waals surface area contributed by atoms with Crippen molar-refractivity contribution in [2.75, 3.05) is 5.32 Å². The Balaban J connectivity index is 1.22. The highest BCUT2D eigenvalue weighted by atomic mass is 16.3. The number of carbonyl (C=O) groups is 2. The largest absolute Gasteiger partial charge is 0.393 e. The molecule has 190 valence electrons. The highest BCUT2D eigenvalue weighted by Crippen LogP contribution is 2.60. The number of rotatable bonds is 3. The van der Waals surface area contributed by atoms with Gasteiger partial charge in [0, 0.05) is 23.8 Å². The number of anilines is 1. The standard InChI is InChI=1S/C26H32N6O4/c33-17-3-1-16(2-4-17)29-24(34)25(35)30-23-19-12-28-22-18(5-6-27-22)21(19)32(31-23)20-14-7-13-8-15(20)11-26(36,9-13)10-14/h5-6,12-17,20,31,33,36H,1-4,7-11H2,(H,29,34)(H,30,35)/t13?,14-,15+,16?,17?,20?,26?. The van der Waals surface area contributed by atoms with Crippen LogP contribution in [-0.4, -0.2) is 59.5 Å². The monoisotopic (exact) mass is 492 g/mol. The summed E-state index contributed by atoms with van der Waals surface area (Å²) in [4.78, 5) is 34.5. The molecule has 3 aromatic rings. The van der Waals surface area contributed by atoms with Gasteiger partial charge in [-0.15, -0.1) is 0 Å². The Morgan fingerprint density at radius 1 is 1.03 bits per heavy atom. The lowest BCUT2D eigenvalue weighted by atomic mass is 9.52. The van der Waals surface area contributed by atoms with Gasteiger partial charge in [0.15, 0.2) is 5.65 Å². The fourth-order valence-electron chi connectivity index (χ4n) is 7.96. The van der Waals surface area contributed by atoms with Crippen molar-refractivity contribution in [1.82, 2.24) is 25.1 Å². The van der Waals surface area contributed by atoms with Gasteiger partial charge in [0.1, 0.15) is 5.82 Å². The molecule has 36 heavy (non-hydrogen) atoms. The summed E-state index contributed by atoms with van der Waals surface area (Å²) >= 11 is 0. The molecule has 5 aliphatic carbocycles. The maximum Gasteiger partial charge on any atom is 0.314 e. The van der Waals surface area contributed by atoms with Crippen LogP contribution in [0, 0.1) is 17.8 Å². The van der Waals surface area contributed by atoms with Crippen LogP contribution in [0.1, 0.15) is 63.8 Å². The number of H-pyrrole nitrogens is 1. The summed E-state index contributed by atoms with van der Waals surface area (Å²) in [5.41, 5.74) is 1.03. The number of hydrogen-bond acceptors (Lipinski definition) is 6. The number of hydrogen-bond donors (Lipinski definition) is 5. The third-order valence-electron chi connectivity index (χ3n) is 9.21. The predicted molar refractivity (Wildman–Crippen MR) is 132 cm³/mol. The molecule has 0 saturated heterocycles. The summed E-state index contributed by atoms with van der Waals surface area (Å²) in [6.45, 7) is 0. The number of nitrogens with zero attached hydrogens (tertiary/aromatic N) is 3. The number of carbonyl (C=O) groups excluding carboxylic acids is 2. The first-order valence-electron chi connectivity index (χ1n) is 13.2. The van der Waals surface area contributed by atoms with E-state index < -0.39 is 17.4 Å². The fraction of sp³-hybridized carbons (Fsp3) is 0.615. The summed E-state index contributed by atoms with van der Waals surface area (Å²) in [7, 11) is 0. The van der Waals surface area contributed by atoms with Crippen molar-refractivity contribution >= 4 is 39.6 Å². The number of fused-ring (bicyclic) bond motifs is 3. The molecule has 0 spiro atoms. The highest BCUT2D eigenvalue weighted by molar-refractivity contribution is 6.40. The van der Waals surface area contributed by atoms with Crippen LogP contribution < -0.4 is 10.6 Å². The van der Waals surface area contributed by atoms with E-state index in [0.717, 1.165) is 48.4 Å². The van der Waals surface area contributed by atoms with E-state index >= 15 is 0 Å². The summed E-state index contributed by atoms with van der Waals surface area (Å²) in [5, 5.41) is 31.5. The number of aromatic amines is 1. The molecule has 0 radical (unpaired) electrons. The van der Waals surface area contributed by atoms with Gasteiger partial charge < -0.3 is 20.8 Å². The Morgan fingerprint density at radius 2 is 1.78 bits per heavy atom. The second-order valence-corrected chi connectivity index (χ2v) is 11.7. The first-order valence-corrected chi connectivity index (χ1v) is 13.2. The van der Waals surface area contributed by atoms with Crippen molar-refractivity contribution in [3.8, 4) is 0 Å². The Hall–Kier alpha value is -2.98. The zero-order valence-corrected chi connectivity index (χ0v) is 20.1. The highest BCUT2D eigenvalue weighted by Gasteiger charge is 2.55. The smallest absolute Gasteiger partial charge is 0.314 e. The molecule has 3 aromatic heterocycles. The Bertz CT molecular complexity index is 1340. The molecule has 0 aromatic carbocycles. The molecule has 10 heteroatoms. The molecular formula is C26H32N6O4. The van der Waals surface area contributed by atoms with E-state index in [1.807, 2.05) is 6.07 Å². The van der Waals surface area contributed by atoms with E-state index in [1.54, 1.807) is 12.4 Å². The minimum absolute atomic E-state index is 0.104. The number of aromatic nitrogens is 4. The predicted octanol–water partition coefficient (Wildman–Crippen LogP) is 2.38. The zero-order valence-electron chi connectivity index (χ0n) is 20.1. The third kappa shape index (κ3) is 3.53. The van der Waals surface area contributed by atoms with E-state index in [2.05, 4.69) is 30.4 Å².